The van der Waals surface area contributed by atoms with Crippen molar-refractivity contribution in [3.05, 3.63) is 279 Å². The van der Waals surface area contributed by atoms with E-state index in [-0.39, 0.29) is 0 Å². The molecule has 3 heteroatoms. The van der Waals surface area contributed by atoms with Crippen LogP contribution in [0.3, 0.4) is 0 Å². The molecule has 2 aromatic heterocycles. The maximum absolute atomic E-state index is 2.51. The summed E-state index contributed by atoms with van der Waals surface area (Å²) in [5.74, 6) is 0. The zero-order chi connectivity index (χ0) is 45.7. The minimum atomic E-state index is -2.07. The first-order valence-corrected chi connectivity index (χ1v) is 25.3. The third-order valence-corrected chi connectivity index (χ3v) is 17.7. The Morgan fingerprint density at radius 2 is 0.681 bits per heavy atom. The van der Waals surface area contributed by atoms with Gasteiger partial charge in [-0.25, -0.2) is 0 Å². The highest BCUT2D eigenvalue weighted by molar-refractivity contribution is 8.34. The number of hydrogen-bond donors (Lipinski definition) is 0. The van der Waals surface area contributed by atoms with E-state index in [1.165, 1.54) is 91.1 Å². The summed E-state index contributed by atoms with van der Waals surface area (Å²) in [6.07, 6.45) is 0. The number of hydrogen-bond acceptors (Lipinski definition) is 0. The Labute approximate surface area is 404 Å². The molecule has 0 bridgehead atoms. The molecule has 13 rings (SSSR count). The molecule has 11 aromatic carbocycles. The van der Waals surface area contributed by atoms with Crippen LogP contribution in [0.2, 0.25) is 0 Å². The van der Waals surface area contributed by atoms with Crippen molar-refractivity contribution in [2.24, 2.45) is 0 Å². The molecule has 0 aliphatic carbocycles. The fraction of sp³-hybridized carbons (Fsp3) is 0. The molecule has 0 aliphatic heterocycles. The van der Waals surface area contributed by atoms with Gasteiger partial charge in [-0.15, -0.1) is 10.0 Å². The topological polar surface area (TPSA) is 9.86 Å². The number of aromatic nitrogens is 2. The van der Waals surface area contributed by atoms with Gasteiger partial charge in [0.15, 0.2) is 0 Å². The van der Waals surface area contributed by atoms with Gasteiger partial charge in [-0.1, -0.05) is 182 Å². The predicted octanol–water partition coefficient (Wildman–Crippen LogP) is 18.2. The fourth-order valence-corrected chi connectivity index (χ4v) is 14.9. The van der Waals surface area contributed by atoms with Gasteiger partial charge in [-0.3, -0.25) is 0 Å². The molecule has 326 valence electrons. The van der Waals surface area contributed by atoms with Crippen LogP contribution in [0.25, 0.3) is 88.4 Å². The van der Waals surface area contributed by atoms with Crippen LogP contribution in [-0.4, -0.2) is 9.13 Å². The number of para-hydroxylation sites is 1. The molecule has 13 aromatic rings. The van der Waals surface area contributed by atoms with Gasteiger partial charge in [0.1, 0.15) is 0 Å². The van der Waals surface area contributed by atoms with E-state index in [4.69, 9.17) is 0 Å². The largest absolute Gasteiger partial charge is 0.309 e. The highest BCUT2D eigenvalue weighted by atomic mass is 32.3. The molecule has 69 heavy (non-hydrogen) atoms. The lowest BCUT2D eigenvalue weighted by Gasteiger charge is -2.42. The first-order chi connectivity index (χ1) is 34.3. The lowest BCUT2D eigenvalue weighted by molar-refractivity contribution is 1.16. The summed E-state index contributed by atoms with van der Waals surface area (Å²) in [7, 11) is -2.07. The summed E-state index contributed by atoms with van der Waals surface area (Å²) in [5, 5.41) is 4.96. The van der Waals surface area contributed by atoms with Gasteiger partial charge in [0.25, 0.3) is 0 Å². The normalized spacial score (nSPS) is 12.0. The van der Waals surface area contributed by atoms with E-state index in [9.17, 15) is 0 Å². The minimum absolute atomic E-state index is 1.12. The molecule has 2 nitrogen and oxygen atoms in total. The Bertz CT molecular complexity index is 3890. The van der Waals surface area contributed by atoms with E-state index in [0.717, 1.165) is 16.9 Å². The van der Waals surface area contributed by atoms with Crippen molar-refractivity contribution in [2.45, 2.75) is 19.6 Å². The molecule has 0 aliphatic rings. The first kappa shape index (κ1) is 40.6. The van der Waals surface area contributed by atoms with Crippen molar-refractivity contribution in [1.82, 2.24) is 9.13 Å². The van der Waals surface area contributed by atoms with Crippen LogP contribution in [0.1, 0.15) is 0 Å². The van der Waals surface area contributed by atoms with E-state index in [2.05, 4.69) is 288 Å². The van der Waals surface area contributed by atoms with Crippen molar-refractivity contribution in [1.29, 1.82) is 0 Å². The molecule has 0 saturated carbocycles. The average molecular weight is 899 g/mol. The molecule has 0 unspecified atom stereocenters. The SMILES string of the molecule is c1ccc(-c2cccc(-c3cccc(-n4c5ccc(-n6c7ccccc7c7c(-c8ccccc8)cccc76)cc5c5c(S(c6ccccc6)(c6ccccc6)c6ccccc6)cccc54)c3)c2)cc1. The second kappa shape index (κ2) is 16.9. The summed E-state index contributed by atoms with van der Waals surface area (Å²) in [6, 6.07) is 103. The smallest absolute Gasteiger partial charge is 0.0552 e. The molecular weight excluding hydrogens is 853 g/mol. The van der Waals surface area contributed by atoms with E-state index in [0.29, 0.717) is 0 Å². The van der Waals surface area contributed by atoms with Gasteiger partial charge in [-0.05, 0) is 130 Å². The van der Waals surface area contributed by atoms with E-state index >= 15 is 0 Å². The molecular formula is C66H46N2S. The summed E-state index contributed by atoms with van der Waals surface area (Å²) in [6.45, 7) is 0. The monoisotopic (exact) mass is 898 g/mol. The molecule has 0 N–H and O–H groups in total. The van der Waals surface area contributed by atoms with Crippen molar-refractivity contribution in [2.75, 3.05) is 0 Å². The Kier molecular flexibility index (Phi) is 9.96. The lowest BCUT2D eigenvalue weighted by Crippen LogP contribution is -2.05. The Morgan fingerprint density at radius 3 is 1.32 bits per heavy atom. The van der Waals surface area contributed by atoms with Gasteiger partial charge in [-0.2, -0.15) is 0 Å². The number of rotatable bonds is 9. The third-order valence-electron chi connectivity index (χ3n) is 13.8. The zero-order valence-corrected chi connectivity index (χ0v) is 38.7. The van der Waals surface area contributed by atoms with E-state index < -0.39 is 10.0 Å². The van der Waals surface area contributed by atoms with Crippen LogP contribution in [0.5, 0.6) is 0 Å². The second-order valence-corrected chi connectivity index (χ2v) is 20.7. The van der Waals surface area contributed by atoms with Crippen LogP contribution in [0.15, 0.2) is 299 Å². The predicted molar refractivity (Wildman–Crippen MR) is 291 cm³/mol. The summed E-state index contributed by atoms with van der Waals surface area (Å²) in [5.41, 5.74) is 14.2. The highest BCUT2D eigenvalue weighted by Gasteiger charge is 2.36. The molecule has 0 saturated heterocycles. The van der Waals surface area contributed by atoms with Crippen LogP contribution < -0.4 is 0 Å². The van der Waals surface area contributed by atoms with Crippen molar-refractivity contribution >= 4 is 53.6 Å². The lowest BCUT2D eigenvalue weighted by atomic mass is 9.99. The summed E-state index contributed by atoms with van der Waals surface area (Å²) in [4.78, 5) is 5.19. The van der Waals surface area contributed by atoms with Gasteiger partial charge < -0.3 is 9.13 Å². The Morgan fingerprint density at radius 1 is 0.246 bits per heavy atom. The average Bonchev–Trinajstić information content (AvgIpc) is 3.96. The maximum Gasteiger partial charge on any atom is 0.0552 e. The van der Waals surface area contributed by atoms with Crippen molar-refractivity contribution in [3.63, 3.8) is 0 Å². The van der Waals surface area contributed by atoms with Crippen molar-refractivity contribution in [3.8, 4) is 44.8 Å². The van der Waals surface area contributed by atoms with Crippen LogP contribution >= 0.6 is 10.0 Å². The summed E-state index contributed by atoms with van der Waals surface area (Å²) < 4.78 is 4.99. The Hall–Kier alpha value is -8.63. The minimum Gasteiger partial charge on any atom is -0.309 e. The van der Waals surface area contributed by atoms with Gasteiger partial charge >= 0.3 is 0 Å². The molecule has 0 atom stereocenters. The number of fused-ring (bicyclic) bond motifs is 6. The first-order valence-electron chi connectivity index (χ1n) is 23.7. The van der Waals surface area contributed by atoms with Gasteiger partial charge in [0, 0.05) is 52.5 Å². The van der Waals surface area contributed by atoms with E-state index in [1.54, 1.807) is 0 Å². The highest BCUT2D eigenvalue weighted by Crippen LogP contribution is 2.75. The second-order valence-electron chi connectivity index (χ2n) is 17.7. The summed E-state index contributed by atoms with van der Waals surface area (Å²) >= 11 is 0. The molecule has 2 heterocycles. The zero-order valence-electron chi connectivity index (χ0n) is 37.9. The van der Waals surface area contributed by atoms with Gasteiger partial charge in [0.2, 0.25) is 0 Å². The number of benzene rings is 11. The van der Waals surface area contributed by atoms with Crippen LogP contribution in [0.4, 0.5) is 0 Å². The molecule has 0 fully saturated rings. The molecule has 0 amide bonds. The molecule has 0 radical (unpaired) electrons. The maximum atomic E-state index is 2.51. The fourth-order valence-electron chi connectivity index (χ4n) is 10.9. The van der Waals surface area contributed by atoms with Crippen molar-refractivity contribution < 1.29 is 0 Å². The standard InChI is InChI=1S/C66H46N2S/c1-6-22-47(23-7-1)49-26-18-27-50(44-49)51-28-19-29-52(45-51)67-61-43-42-53(68-60-38-17-16-36-58(60)65-57(37-20-39-62(65)68)48-24-8-2-9-25-48)46-59(61)66-63(67)40-21-41-64(66)69(54-30-10-3-11-31-54,55-32-12-4-13-33-55)56-34-14-5-15-35-56/h1-46H. The third kappa shape index (κ3) is 6.65. The quantitative estimate of drug-likeness (QED) is 0.137. The number of nitrogens with zero attached hydrogens (tertiary/aromatic N) is 2. The Balaban J connectivity index is 1.13. The van der Waals surface area contributed by atoms with E-state index in [1.807, 2.05) is 0 Å². The van der Waals surface area contributed by atoms with Crippen LogP contribution in [0, 0.1) is 0 Å². The molecule has 0 spiro atoms. The van der Waals surface area contributed by atoms with Gasteiger partial charge in [0.05, 0.1) is 22.1 Å². The van der Waals surface area contributed by atoms with Crippen LogP contribution in [-0.2, 0) is 0 Å².